The molecule has 7 atom stereocenters. The van der Waals surface area contributed by atoms with Gasteiger partial charge >= 0.3 is 0 Å². The number of hydrogen-bond donors (Lipinski definition) is 2. The highest BCUT2D eigenvalue weighted by molar-refractivity contribution is 5.87. The van der Waals surface area contributed by atoms with Crippen molar-refractivity contribution in [1.29, 1.82) is 0 Å². The Morgan fingerprint density at radius 2 is 1.82 bits per heavy atom. The highest BCUT2D eigenvalue weighted by Crippen LogP contribution is 2.68. The Morgan fingerprint density at radius 1 is 1.07 bits per heavy atom. The number of carbonyl (C=O) groups excluding carboxylic acids is 1. The summed E-state index contributed by atoms with van der Waals surface area (Å²) in [5.41, 5.74) is 0.130. The molecule has 5 fully saturated rings. The van der Waals surface area contributed by atoms with Crippen molar-refractivity contribution in [3.05, 3.63) is 24.3 Å². The van der Waals surface area contributed by atoms with Gasteiger partial charge < -0.3 is 10.4 Å². The Balaban J connectivity index is 1.41. The number of aliphatic hydroxyl groups is 1. The van der Waals surface area contributed by atoms with Crippen LogP contribution >= 0.6 is 0 Å². The minimum Gasteiger partial charge on any atom is -0.385 e. The summed E-state index contributed by atoms with van der Waals surface area (Å²) < 4.78 is 0. The van der Waals surface area contributed by atoms with Crippen LogP contribution < -0.4 is 5.32 Å². The Labute approximate surface area is 170 Å². The average molecular weight is 384 g/mol. The monoisotopic (exact) mass is 383 g/mol. The van der Waals surface area contributed by atoms with Gasteiger partial charge in [-0.25, -0.2) is 0 Å². The van der Waals surface area contributed by atoms with Crippen LogP contribution in [0.15, 0.2) is 24.3 Å². The van der Waals surface area contributed by atoms with Gasteiger partial charge in [-0.2, -0.15) is 0 Å². The summed E-state index contributed by atoms with van der Waals surface area (Å²) >= 11 is 0. The topological polar surface area (TPSA) is 49.3 Å². The lowest BCUT2D eigenvalue weighted by atomic mass is 9.42. The maximum atomic E-state index is 12.6. The fourth-order valence-corrected chi connectivity index (χ4v) is 7.96. The van der Waals surface area contributed by atoms with Crippen LogP contribution in [0.5, 0.6) is 0 Å². The van der Waals surface area contributed by atoms with E-state index in [1.165, 1.54) is 6.42 Å². The zero-order valence-corrected chi connectivity index (χ0v) is 17.7. The summed E-state index contributed by atoms with van der Waals surface area (Å²) in [5.74, 6) is 3.21. The minimum atomic E-state index is -0.740. The van der Waals surface area contributed by atoms with Gasteiger partial charge in [-0.15, -0.1) is 0 Å². The lowest BCUT2D eigenvalue weighted by molar-refractivity contribution is -0.178. The molecule has 4 saturated carbocycles. The van der Waals surface area contributed by atoms with E-state index in [0.717, 1.165) is 63.6 Å². The van der Waals surface area contributed by atoms with Crippen LogP contribution in [-0.2, 0) is 4.79 Å². The first-order valence-electron chi connectivity index (χ1n) is 11.6. The molecule has 1 saturated heterocycles. The van der Waals surface area contributed by atoms with Gasteiger partial charge in [-0.1, -0.05) is 32.6 Å². The molecule has 0 aromatic carbocycles. The normalized spacial score (nSPS) is 51.5. The van der Waals surface area contributed by atoms with Crippen molar-refractivity contribution < 1.29 is 9.90 Å². The first-order chi connectivity index (χ1) is 13.3. The van der Waals surface area contributed by atoms with Gasteiger partial charge in [-0.05, 0) is 74.2 Å². The summed E-state index contributed by atoms with van der Waals surface area (Å²) in [5, 5.41) is 15.3. The molecule has 2 N–H and O–H groups in total. The van der Waals surface area contributed by atoms with Crippen LogP contribution in [0.4, 0.5) is 0 Å². The van der Waals surface area contributed by atoms with Gasteiger partial charge in [0, 0.05) is 36.3 Å². The second kappa shape index (κ2) is 6.28. The van der Waals surface area contributed by atoms with E-state index in [9.17, 15) is 9.90 Å². The van der Waals surface area contributed by atoms with Crippen molar-refractivity contribution in [3.63, 3.8) is 0 Å². The highest BCUT2D eigenvalue weighted by Gasteiger charge is 2.65. The Morgan fingerprint density at radius 3 is 2.54 bits per heavy atom. The van der Waals surface area contributed by atoms with Crippen molar-refractivity contribution >= 4 is 5.78 Å². The quantitative estimate of drug-likeness (QED) is 0.700. The van der Waals surface area contributed by atoms with Gasteiger partial charge in [0.05, 0.1) is 5.60 Å². The number of fused-ring (bicyclic) bond motifs is 5. The van der Waals surface area contributed by atoms with E-state index in [1.54, 1.807) is 0 Å². The van der Waals surface area contributed by atoms with Gasteiger partial charge in [0.1, 0.15) is 5.78 Å². The van der Waals surface area contributed by atoms with Gasteiger partial charge in [0.25, 0.3) is 0 Å². The van der Waals surface area contributed by atoms with E-state index in [4.69, 9.17) is 0 Å². The van der Waals surface area contributed by atoms with Gasteiger partial charge in [-0.3, -0.25) is 4.79 Å². The lowest BCUT2D eigenvalue weighted by Gasteiger charge is -2.64. The molecule has 0 aromatic rings. The molecule has 4 aliphatic carbocycles. The third-order valence-corrected chi connectivity index (χ3v) is 10.0. The molecule has 1 heterocycles. The molecular weight excluding hydrogens is 346 g/mol. The summed E-state index contributed by atoms with van der Waals surface area (Å²) in [6.45, 7) is 11.2. The lowest BCUT2D eigenvalue weighted by Crippen LogP contribution is -2.63. The van der Waals surface area contributed by atoms with Crippen molar-refractivity contribution in [2.75, 3.05) is 13.1 Å². The Bertz CT molecular complexity index is 724. The number of rotatable bonds is 2. The number of allylic oxidation sites excluding steroid dienone is 1. The number of ketones is 1. The van der Waals surface area contributed by atoms with Crippen LogP contribution in [0.3, 0.4) is 0 Å². The SMILES string of the molecule is C=C1C[C@@H]2[C@@H](CC[C@]3(C)C(=O)CC[C@@H]23)[C@@]2(C)CCC(C=CC3CNC3)CC12O. The molecule has 1 aliphatic heterocycles. The molecule has 154 valence electrons. The van der Waals surface area contributed by atoms with E-state index >= 15 is 0 Å². The third kappa shape index (κ3) is 2.45. The maximum Gasteiger partial charge on any atom is 0.139 e. The molecule has 28 heavy (non-hydrogen) atoms. The average Bonchev–Trinajstić information content (AvgIpc) is 2.92. The molecule has 5 rings (SSSR count). The zero-order chi connectivity index (χ0) is 19.7. The number of carbonyl (C=O) groups is 1. The van der Waals surface area contributed by atoms with Crippen LogP contribution in [0, 0.1) is 40.4 Å². The smallest absolute Gasteiger partial charge is 0.139 e. The third-order valence-electron chi connectivity index (χ3n) is 10.0. The predicted octanol–water partition coefficient (Wildman–Crippen LogP) is 4.27. The van der Waals surface area contributed by atoms with E-state index < -0.39 is 5.60 Å². The number of hydrogen-bond acceptors (Lipinski definition) is 3. The summed E-state index contributed by atoms with van der Waals surface area (Å²) in [7, 11) is 0. The maximum absolute atomic E-state index is 12.6. The fourth-order valence-electron chi connectivity index (χ4n) is 7.96. The van der Waals surface area contributed by atoms with E-state index in [2.05, 4.69) is 37.9 Å². The van der Waals surface area contributed by atoms with Gasteiger partial charge in [0.15, 0.2) is 0 Å². The Hall–Kier alpha value is -0.930. The van der Waals surface area contributed by atoms with Crippen LogP contribution in [0.25, 0.3) is 0 Å². The molecule has 0 bridgehead atoms. The molecule has 0 amide bonds. The number of nitrogens with one attached hydrogen (secondary N) is 1. The molecule has 2 unspecified atom stereocenters. The molecule has 0 spiro atoms. The van der Waals surface area contributed by atoms with E-state index in [1.807, 2.05) is 0 Å². The molecule has 3 heteroatoms. The molecular formula is C25H37NO2. The van der Waals surface area contributed by atoms with Gasteiger partial charge in [0.2, 0.25) is 0 Å². The van der Waals surface area contributed by atoms with Crippen molar-refractivity contribution in [2.24, 2.45) is 40.4 Å². The Kier molecular flexibility index (Phi) is 4.28. The summed E-state index contributed by atoms with van der Waals surface area (Å²) in [6.07, 6.45) is 12.7. The van der Waals surface area contributed by atoms with Crippen molar-refractivity contribution in [2.45, 2.75) is 70.8 Å². The number of Topliss-reactive ketones (excluding diaryl/α,β-unsaturated/α-hetero) is 1. The first kappa shape index (κ1) is 19.1. The second-order valence-corrected chi connectivity index (χ2v) is 11.2. The summed E-state index contributed by atoms with van der Waals surface area (Å²) in [6, 6.07) is 0. The zero-order valence-electron chi connectivity index (χ0n) is 17.7. The predicted molar refractivity (Wildman–Crippen MR) is 112 cm³/mol. The second-order valence-electron chi connectivity index (χ2n) is 11.2. The van der Waals surface area contributed by atoms with Crippen molar-refractivity contribution in [1.82, 2.24) is 5.32 Å². The van der Waals surface area contributed by atoms with Crippen molar-refractivity contribution in [3.8, 4) is 0 Å². The van der Waals surface area contributed by atoms with Crippen LogP contribution in [-0.4, -0.2) is 29.6 Å². The largest absolute Gasteiger partial charge is 0.385 e. The van der Waals surface area contributed by atoms with E-state index in [-0.39, 0.29) is 10.8 Å². The summed E-state index contributed by atoms with van der Waals surface area (Å²) in [4.78, 5) is 12.6. The standard InChI is InChI=1S/C25H37NO2/c1-16-12-19-20-6-7-22(27)23(20,2)10-9-21(19)24(3)11-8-17(13-25(16,24)28)4-5-18-14-26-15-18/h4-5,17-21,26,28H,1,6-15H2,2-3H3/t17?,19-,20-,21+,23-,24+,25?/m0/s1. The first-order valence-corrected chi connectivity index (χ1v) is 11.6. The minimum absolute atomic E-state index is 0.0810. The fraction of sp³-hybridized carbons (Fsp3) is 0.800. The highest BCUT2D eigenvalue weighted by atomic mass is 16.3. The molecule has 0 radical (unpaired) electrons. The molecule has 3 nitrogen and oxygen atoms in total. The van der Waals surface area contributed by atoms with Crippen LogP contribution in [0.1, 0.15) is 65.2 Å². The molecule has 5 aliphatic rings. The molecule has 0 aromatic heterocycles. The van der Waals surface area contributed by atoms with E-state index in [0.29, 0.717) is 35.4 Å². The van der Waals surface area contributed by atoms with Crippen LogP contribution in [0.2, 0.25) is 0 Å².